The Balaban J connectivity index is 3.77. The van der Waals surface area contributed by atoms with Gasteiger partial charge in [-0.05, 0) is 36.0 Å². The highest BCUT2D eigenvalue weighted by molar-refractivity contribution is 7.90. The van der Waals surface area contributed by atoms with Gasteiger partial charge in [-0.15, -0.1) is 0 Å². The molecule has 0 aliphatic heterocycles. The van der Waals surface area contributed by atoms with Crippen LogP contribution in [0.25, 0.3) is 0 Å². The summed E-state index contributed by atoms with van der Waals surface area (Å²) in [7, 11) is -3.49. The average Bonchev–Trinajstić information content (AvgIpc) is 2.44. The van der Waals surface area contributed by atoms with Crippen molar-refractivity contribution in [2.24, 2.45) is 16.5 Å². The Hall–Kier alpha value is -1.89. The molecular weight excluding hydrogens is 314 g/mol. The van der Waals surface area contributed by atoms with Gasteiger partial charge >= 0.3 is 0 Å². The van der Waals surface area contributed by atoms with E-state index in [1.165, 1.54) is 6.26 Å². The van der Waals surface area contributed by atoms with Crippen LogP contribution in [0.15, 0.2) is 22.0 Å². The summed E-state index contributed by atoms with van der Waals surface area (Å²) in [6.45, 7) is 5.89. The highest BCUT2D eigenvalue weighted by Crippen LogP contribution is 2.32. The van der Waals surface area contributed by atoms with Gasteiger partial charge in [0.2, 0.25) is 0 Å². The molecule has 0 aromatic heterocycles. The topological polar surface area (TPSA) is 116 Å². The molecule has 0 fully saturated rings. The number of hydrogen-bond acceptors (Lipinski definition) is 3. The zero-order chi connectivity index (χ0) is 17.8. The zero-order valence-electron chi connectivity index (χ0n) is 14.1. The first-order chi connectivity index (χ1) is 10.6. The summed E-state index contributed by atoms with van der Waals surface area (Å²) in [5, 5.41) is 0. The molecule has 0 radical (unpaired) electrons. The van der Waals surface area contributed by atoms with Crippen LogP contribution in [0.5, 0.6) is 0 Å². The predicted molar refractivity (Wildman–Crippen MR) is 92.4 cm³/mol. The minimum absolute atomic E-state index is 0.0718. The third kappa shape index (κ3) is 4.54. The molecule has 1 amide bonds. The third-order valence-corrected chi connectivity index (χ3v) is 4.99. The molecule has 0 bridgehead atoms. The molecule has 1 unspecified atom stereocenters. The fourth-order valence-electron chi connectivity index (χ4n) is 2.57. The minimum atomic E-state index is -3.49. The smallest absolute Gasteiger partial charge is 0.280 e. The molecular formula is C16H25N3O3S. The highest BCUT2D eigenvalue weighted by Gasteiger charge is 2.25. The molecule has 0 heterocycles. The Morgan fingerprint density at radius 2 is 1.87 bits per heavy atom. The van der Waals surface area contributed by atoms with Gasteiger partial charge in [0.25, 0.3) is 5.91 Å². The van der Waals surface area contributed by atoms with Crippen molar-refractivity contribution in [2.75, 3.05) is 6.26 Å². The summed E-state index contributed by atoms with van der Waals surface area (Å²) >= 11 is 0. The monoisotopic (exact) mass is 339 g/mol. The molecule has 0 aliphatic rings. The summed E-state index contributed by atoms with van der Waals surface area (Å²) in [5.74, 6) is -0.888. The van der Waals surface area contributed by atoms with Gasteiger partial charge in [0.15, 0.2) is 15.8 Å². The summed E-state index contributed by atoms with van der Waals surface area (Å²) in [6, 6.07) is 3.31. The Morgan fingerprint density at radius 1 is 1.26 bits per heavy atom. The van der Waals surface area contributed by atoms with E-state index in [0.717, 1.165) is 12.0 Å². The number of aliphatic imine (C=N–C) groups is 1. The maximum atomic E-state index is 12.4. The number of benzene rings is 1. The number of sulfone groups is 1. The standard InChI is InChI=1S/C16H25N3O3S/c1-5-7-12-13(15(20)19-16(17)18)9-8-11(10(3)6-2)14(12)23(4,21)22/h8-10H,5-7H2,1-4H3,(H4,17,18,19,20). The van der Waals surface area contributed by atoms with E-state index in [-0.39, 0.29) is 22.3 Å². The summed E-state index contributed by atoms with van der Waals surface area (Å²) in [6.07, 6.45) is 3.14. The summed E-state index contributed by atoms with van der Waals surface area (Å²) < 4.78 is 24.7. The molecule has 128 valence electrons. The first-order valence-corrected chi connectivity index (χ1v) is 9.52. The zero-order valence-corrected chi connectivity index (χ0v) is 14.9. The number of amides is 1. The van der Waals surface area contributed by atoms with E-state index in [2.05, 4.69) is 4.99 Å². The van der Waals surface area contributed by atoms with Crippen LogP contribution >= 0.6 is 0 Å². The Bertz CT molecular complexity index is 720. The molecule has 0 saturated heterocycles. The van der Waals surface area contributed by atoms with Gasteiger partial charge in [0.1, 0.15) is 0 Å². The first kappa shape index (κ1) is 19.2. The van der Waals surface area contributed by atoms with Gasteiger partial charge in [-0.1, -0.05) is 33.3 Å². The number of carbonyl (C=O) groups is 1. The Kier molecular flexibility index (Phi) is 6.32. The van der Waals surface area contributed by atoms with E-state index >= 15 is 0 Å². The number of rotatable bonds is 6. The molecule has 6 nitrogen and oxygen atoms in total. The molecule has 1 rings (SSSR count). The SMILES string of the molecule is CCCc1c(C(=O)N=C(N)N)ccc(C(C)CC)c1S(C)(=O)=O. The largest absolute Gasteiger partial charge is 0.370 e. The van der Waals surface area contributed by atoms with Crippen molar-refractivity contribution in [3.63, 3.8) is 0 Å². The predicted octanol–water partition coefficient (Wildman–Crippen LogP) is 1.97. The van der Waals surface area contributed by atoms with Crippen LogP contribution in [-0.2, 0) is 16.3 Å². The number of carbonyl (C=O) groups excluding carboxylic acids is 1. The van der Waals surface area contributed by atoms with Crippen molar-refractivity contribution in [3.05, 3.63) is 28.8 Å². The third-order valence-electron chi connectivity index (χ3n) is 3.77. The van der Waals surface area contributed by atoms with E-state index in [9.17, 15) is 13.2 Å². The molecule has 7 heteroatoms. The number of nitrogens with two attached hydrogens (primary N) is 2. The van der Waals surface area contributed by atoms with Gasteiger partial charge < -0.3 is 11.5 Å². The quantitative estimate of drug-likeness (QED) is 0.607. The van der Waals surface area contributed by atoms with Crippen LogP contribution < -0.4 is 11.5 Å². The molecule has 1 atom stereocenters. The molecule has 0 saturated carbocycles. The second-order valence-electron chi connectivity index (χ2n) is 5.68. The minimum Gasteiger partial charge on any atom is -0.370 e. The molecule has 0 spiro atoms. The van der Waals surface area contributed by atoms with Crippen molar-refractivity contribution in [2.45, 2.75) is 50.8 Å². The molecule has 1 aromatic carbocycles. The van der Waals surface area contributed by atoms with E-state index in [1.807, 2.05) is 20.8 Å². The maximum Gasteiger partial charge on any atom is 0.280 e. The van der Waals surface area contributed by atoms with Gasteiger partial charge in [-0.3, -0.25) is 4.79 Å². The van der Waals surface area contributed by atoms with Gasteiger partial charge in [-0.2, -0.15) is 4.99 Å². The van der Waals surface area contributed by atoms with E-state index in [0.29, 0.717) is 18.4 Å². The number of nitrogens with zero attached hydrogens (tertiary/aromatic N) is 1. The lowest BCUT2D eigenvalue weighted by Gasteiger charge is -2.19. The summed E-state index contributed by atoms with van der Waals surface area (Å²) in [5.41, 5.74) is 12.0. The number of guanidine groups is 1. The molecule has 0 aliphatic carbocycles. The fourth-order valence-corrected chi connectivity index (χ4v) is 3.92. The fraction of sp³-hybridized carbons (Fsp3) is 0.500. The lowest BCUT2D eigenvalue weighted by Crippen LogP contribution is -2.24. The summed E-state index contributed by atoms with van der Waals surface area (Å²) in [4.78, 5) is 16.0. The van der Waals surface area contributed by atoms with Crippen molar-refractivity contribution >= 4 is 21.7 Å². The van der Waals surface area contributed by atoms with Crippen molar-refractivity contribution in [1.29, 1.82) is 0 Å². The normalized spacial score (nSPS) is 12.7. The van der Waals surface area contributed by atoms with Gasteiger partial charge in [0, 0.05) is 11.8 Å². The average molecular weight is 339 g/mol. The van der Waals surface area contributed by atoms with Crippen LogP contribution in [0.2, 0.25) is 0 Å². The number of hydrogen-bond donors (Lipinski definition) is 2. The van der Waals surface area contributed by atoms with Crippen LogP contribution in [0, 0.1) is 0 Å². The Labute approximate surface area is 137 Å². The lowest BCUT2D eigenvalue weighted by molar-refractivity contribution is 0.100. The maximum absolute atomic E-state index is 12.4. The van der Waals surface area contributed by atoms with Crippen molar-refractivity contribution in [1.82, 2.24) is 0 Å². The van der Waals surface area contributed by atoms with E-state index in [1.54, 1.807) is 12.1 Å². The highest BCUT2D eigenvalue weighted by atomic mass is 32.2. The van der Waals surface area contributed by atoms with Crippen molar-refractivity contribution in [3.8, 4) is 0 Å². The van der Waals surface area contributed by atoms with E-state index < -0.39 is 15.7 Å². The Morgan fingerprint density at radius 3 is 2.30 bits per heavy atom. The van der Waals surface area contributed by atoms with Crippen LogP contribution in [0.1, 0.15) is 61.0 Å². The lowest BCUT2D eigenvalue weighted by atomic mass is 9.92. The molecule has 23 heavy (non-hydrogen) atoms. The van der Waals surface area contributed by atoms with Crippen molar-refractivity contribution < 1.29 is 13.2 Å². The van der Waals surface area contributed by atoms with E-state index in [4.69, 9.17) is 11.5 Å². The van der Waals surface area contributed by atoms with Gasteiger partial charge in [-0.25, -0.2) is 8.42 Å². The van der Waals surface area contributed by atoms with Crippen LogP contribution in [0.4, 0.5) is 0 Å². The van der Waals surface area contributed by atoms with Crippen LogP contribution in [-0.4, -0.2) is 26.5 Å². The second-order valence-corrected chi connectivity index (χ2v) is 7.64. The van der Waals surface area contributed by atoms with Crippen LogP contribution in [0.3, 0.4) is 0 Å². The second kappa shape index (κ2) is 7.59. The first-order valence-electron chi connectivity index (χ1n) is 7.63. The van der Waals surface area contributed by atoms with Gasteiger partial charge in [0.05, 0.1) is 4.90 Å². The molecule has 1 aromatic rings. The molecule has 4 N–H and O–H groups in total.